The molecule has 0 radical (unpaired) electrons. The normalized spacial score (nSPS) is 10.9. The summed E-state index contributed by atoms with van der Waals surface area (Å²) in [5.41, 5.74) is 7.45. The first-order valence-corrected chi connectivity index (χ1v) is 11.6. The summed E-state index contributed by atoms with van der Waals surface area (Å²) < 4.78 is 7.77. The van der Waals surface area contributed by atoms with Crippen LogP contribution in [0.15, 0.2) is 66.7 Å². The molecule has 1 amide bonds. The molecule has 0 aliphatic rings. The highest BCUT2D eigenvalue weighted by molar-refractivity contribution is 6.32. The predicted octanol–water partition coefficient (Wildman–Crippen LogP) is 6.65. The fourth-order valence-corrected chi connectivity index (χ4v) is 4.01. The van der Waals surface area contributed by atoms with E-state index in [9.17, 15) is 4.79 Å². The fraction of sp³-hybridized carbons (Fsp3) is 0.214. The zero-order valence-corrected chi connectivity index (χ0v) is 20.6. The fourth-order valence-electron chi connectivity index (χ4n) is 3.84. The molecule has 0 fully saturated rings. The minimum absolute atomic E-state index is 0.171. The third-order valence-corrected chi connectivity index (χ3v) is 6.04. The standard InChI is InChI=1S/C28H28ClN3O2/c1-18-6-5-7-23(14-18)16-32-21(4)27(20(3)31-32)30-28(33)24-11-9-22(10-12-24)17-34-26-15-19(2)8-13-25(26)29/h5-15H,16-17H2,1-4H3,(H,30,33). The van der Waals surface area contributed by atoms with Crippen LogP contribution in [0.2, 0.25) is 5.02 Å². The lowest BCUT2D eigenvalue weighted by Crippen LogP contribution is -2.13. The molecule has 0 atom stereocenters. The van der Waals surface area contributed by atoms with Gasteiger partial charge in [0.25, 0.3) is 5.91 Å². The van der Waals surface area contributed by atoms with Crippen LogP contribution in [0.5, 0.6) is 5.75 Å². The SMILES string of the molecule is Cc1cccc(Cn2nc(C)c(NC(=O)c3ccc(COc4cc(C)ccc4Cl)cc3)c2C)c1. The van der Waals surface area contributed by atoms with E-state index in [2.05, 4.69) is 35.5 Å². The van der Waals surface area contributed by atoms with E-state index < -0.39 is 0 Å². The Hall–Kier alpha value is -3.57. The van der Waals surface area contributed by atoms with Crippen molar-refractivity contribution in [2.45, 2.75) is 40.8 Å². The number of benzene rings is 3. The van der Waals surface area contributed by atoms with Crippen molar-refractivity contribution in [3.8, 4) is 5.75 Å². The molecular weight excluding hydrogens is 446 g/mol. The number of aromatic nitrogens is 2. The second-order valence-corrected chi connectivity index (χ2v) is 8.97. The van der Waals surface area contributed by atoms with Gasteiger partial charge in [-0.1, -0.05) is 59.6 Å². The number of carbonyl (C=O) groups is 1. The monoisotopic (exact) mass is 473 g/mol. The second kappa shape index (κ2) is 10.1. The van der Waals surface area contributed by atoms with Gasteiger partial charge in [-0.05, 0) is 68.7 Å². The first-order valence-electron chi connectivity index (χ1n) is 11.2. The smallest absolute Gasteiger partial charge is 0.255 e. The zero-order chi connectivity index (χ0) is 24.2. The van der Waals surface area contributed by atoms with Crippen molar-refractivity contribution in [2.24, 2.45) is 0 Å². The van der Waals surface area contributed by atoms with E-state index in [4.69, 9.17) is 16.3 Å². The molecule has 0 bridgehead atoms. The van der Waals surface area contributed by atoms with Crippen molar-refractivity contribution in [3.63, 3.8) is 0 Å². The summed E-state index contributed by atoms with van der Waals surface area (Å²) in [6.07, 6.45) is 0. The number of anilines is 1. The highest BCUT2D eigenvalue weighted by Gasteiger charge is 2.16. The number of hydrogen-bond donors (Lipinski definition) is 1. The van der Waals surface area contributed by atoms with Gasteiger partial charge >= 0.3 is 0 Å². The summed E-state index contributed by atoms with van der Waals surface area (Å²) in [6.45, 7) is 8.98. The average molecular weight is 474 g/mol. The molecule has 0 saturated carbocycles. The number of carbonyl (C=O) groups excluding carboxylic acids is 1. The van der Waals surface area contributed by atoms with Crippen LogP contribution < -0.4 is 10.1 Å². The van der Waals surface area contributed by atoms with Crippen LogP contribution in [0.25, 0.3) is 0 Å². The van der Waals surface area contributed by atoms with Gasteiger partial charge in [-0.25, -0.2) is 0 Å². The molecule has 6 heteroatoms. The Kier molecular flexibility index (Phi) is 7.03. The van der Waals surface area contributed by atoms with E-state index in [1.54, 1.807) is 12.1 Å². The Bertz CT molecular complexity index is 1330. The third-order valence-electron chi connectivity index (χ3n) is 5.73. The van der Waals surface area contributed by atoms with E-state index in [0.29, 0.717) is 29.5 Å². The van der Waals surface area contributed by atoms with Crippen LogP contribution >= 0.6 is 11.6 Å². The van der Waals surface area contributed by atoms with Crippen LogP contribution in [-0.4, -0.2) is 15.7 Å². The number of hydrogen-bond acceptors (Lipinski definition) is 3. The van der Waals surface area contributed by atoms with Crippen molar-refractivity contribution in [2.75, 3.05) is 5.32 Å². The Balaban J connectivity index is 1.41. The number of amides is 1. The van der Waals surface area contributed by atoms with Crippen molar-refractivity contribution in [1.82, 2.24) is 9.78 Å². The summed E-state index contributed by atoms with van der Waals surface area (Å²) in [5, 5.41) is 8.25. The van der Waals surface area contributed by atoms with Crippen molar-refractivity contribution in [1.29, 1.82) is 0 Å². The Morgan fingerprint density at radius 1 is 0.941 bits per heavy atom. The molecule has 0 aliphatic carbocycles. The summed E-state index contributed by atoms with van der Waals surface area (Å²) in [4.78, 5) is 12.9. The topological polar surface area (TPSA) is 56.2 Å². The average Bonchev–Trinajstić information content (AvgIpc) is 3.07. The molecule has 1 N–H and O–H groups in total. The molecule has 1 heterocycles. The maximum atomic E-state index is 12.9. The molecule has 5 nitrogen and oxygen atoms in total. The quantitative estimate of drug-likeness (QED) is 0.327. The minimum Gasteiger partial charge on any atom is -0.487 e. The van der Waals surface area contributed by atoms with E-state index >= 15 is 0 Å². The molecule has 1 aromatic heterocycles. The Labute approximate surface area is 205 Å². The maximum absolute atomic E-state index is 12.9. The number of halogens is 1. The highest BCUT2D eigenvalue weighted by Crippen LogP contribution is 2.26. The molecule has 0 saturated heterocycles. The Morgan fingerprint density at radius 2 is 1.68 bits per heavy atom. The van der Waals surface area contributed by atoms with Crippen molar-refractivity contribution in [3.05, 3.63) is 111 Å². The first-order chi connectivity index (χ1) is 16.3. The lowest BCUT2D eigenvalue weighted by atomic mass is 10.1. The molecule has 0 aliphatic heterocycles. The van der Waals surface area contributed by atoms with Crippen LogP contribution in [-0.2, 0) is 13.2 Å². The molecular formula is C28H28ClN3O2. The molecule has 0 unspecified atom stereocenters. The van der Waals surface area contributed by atoms with Gasteiger partial charge in [-0.15, -0.1) is 0 Å². The summed E-state index contributed by atoms with van der Waals surface area (Å²) in [7, 11) is 0. The van der Waals surface area contributed by atoms with E-state index in [1.807, 2.05) is 61.9 Å². The highest BCUT2D eigenvalue weighted by atomic mass is 35.5. The van der Waals surface area contributed by atoms with Crippen LogP contribution in [0.1, 0.15) is 44.0 Å². The number of ether oxygens (including phenoxy) is 1. The lowest BCUT2D eigenvalue weighted by molar-refractivity contribution is 0.102. The molecule has 174 valence electrons. The lowest BCUT2D eigenvalue weighted by Gasteiger charge is -2.10. The van der Waals surface area contributed by atoms with E-state index in [0.717, 1.165) is 28.2 Å². The molecule has 3 aromatic carbocycles. The van der Waals surface area contributed by atoms with Gasteiger partial charge in [0.1, 0.15) is 12.4 Å². The predicted molar refractivity (Wildman–Crippen MR) is 137 cm³/mol. The van der Waals surface area contributed by atoms with Gasteiger partial charge in [-0.3, -0.25) is 9.48 Å². The number of nitrogens with zero attached hydrogens (tertiary/aromatic N) is 2. The molecule has 4 rings (SSSR count). The van der Waals surface area contributed by atoms with Crippen molar-refractivity contribution >= 4 is 23.2 Å². The summed E-state index contributed by atoms with van der Waals surface area (Å²) in [6, 6.07) is 21.4. The third kappa shape index (κ3) is 5.49. The van der Waals surface area contributed by atoms with Gasteiger partial charge in [0, 0.05) is 5.56 Å². The zero-order valence-electron chi connectivity index (χ0n) is 19.9. The van der Waals surface area contributed by atoms with Gasteiger partial charge in [0.05, 0.1) is 28.6 Å². The largest absolute Gasteiger partial charge is 0.487 e. The van der Waals surface area contributed by atoms with Crippen LogP contribution in [0, 0.1) is 27.7 Å². The van der Waals surface area contributed by atoms with Gasteiger partial charge in [0.2, 0.25) is 0 Å². The first kappa shape index (κ1) is 23.6. The second-order valence-electron chi connectivity index (χ2n) is 8.57. The van der Waals surface area contributed by atoms with Gasteiger partial charge < -0.3 is 10.1 Å². The van der Waals surface area contributed by atoms with Crippen LogP contribution in [0.3, 0.4) is 0 Å². The summed E-state index contributed by atoms with van der Waals surface area (Å²) in [5.74, 6) is 0.479. The van der Waals surface area contributed by atoms with Gasteiger partial charge in [-0.2, -0.15) is 5.10 Å². The van der Waals surface area contributed by atoms with Crippen LogP contribution in [0.4, 0.5) is 5.69 Å². The van der Waals surface area contributed by atoms with E-state index in [1.165, 1.54) is 11.1 Å². The number of rotatable bonds is 7. The number of nitrogens with one attached hydrogen (secondary N) is 1. The maximum Gasteiger partial charge on any atom is 0.255 e. The van der Waals surface area contributed by atoms with Crippen molar-refractivity contribution < 1.29 is 9.53 Å². The molecule has 0 spiro atoms. The van der Waals surface area contributed by atoms with E-state index in [-0.39, 0.29) is 5.91 Å². The van der Waals surface area contributed by atoms with Gasteiger partial charge in [0.15, 0.2) is 0 Å². The molecule has 4 aromatic rings. The molecule has 34 heavy (non-hydrogen) atoms. The summed E-state index contributed by atoms with van der Waals surface area (Å²) >= 11 is 6.20. The minimum atomic E-state index is -0.171. The Morgan fingerprint density at radius 3 is 2.41 bits per heavy atom. The number of aryl methyl sites for hydroxylation is 3.